The van der Waals surface area contributed by atoms with Crippen LogP contribution in [-0.2, 0) is 0 Å². The maximum Gasteiger partial charge on any atom is 0.0656 e. The van der Waals surface area contributed by atoms with E-state index < -0.39 is 0 Å². The molecular formula is C10H15IN2S. The molecule has 1 aliphatic carbocycles. The first kappa shape index (κ1) is 10.9. The Balaban J connectivity index is 1.97. The second-order valence-electron chi connectivity index (χ2n) is 3.94. The van der Waals surface area contributed by atoms with Crippen LogP contribution >= 0.6 is 33.9 Å². The van der Waals surface area contributed by atoms with Gasteiger partial charge in [-0.1, -0.05) is 19.3 Å². The average Bonchev–Trinajstić information content (AvgIpc) is 2.50. The van der Waals surface area contributed by atoms with Gasteiger partial charge >= 0.3 is 0 Å². The largest absolute Gasteiger partial charge is 0.271 e. The summed E-state index contributed by atoms with van der Waals surface area (Å²) in [5.41, 5.74) is 4.29. The zero-order chi connectivity index (χ0) is 9.97. The Morgan fingerprint density at radius 2 is 2.43 bits per heavy atom. The summed E-state index contributed by atoms with van der Waals surface area (Å²) in [7, 11) is 0. The van der Waals surface area contributed by atoms with E-state index in [-0.39, 0.29) is 0 Å². The van der Waals surface area contributed by atoms with Crippen LogP contribution in [0.4, 0.5) is 0 Å². The van der Waals surface area contributed by atoms with E-state index in [4.69, 9.17) is 5.84 Å². The van der Waals surface area contributed by atoms with Gasteiger partial charge in [0.25, 0.3) is 0 Å². The van der Waals surface area contributed by atoms with Crippen molar-refractivity contribution in [2.24, 2.45) is 11.8 Å². The van der Waals surface area contributed by atoms with Crippen molar-refractivity contribution >= 4 is 33.9 Å². The van der Waals surface area contributed by atoms with Crippen LogP contribution in [0.5, 0.6) is 0 Å². The summed E-state index contributed by atoms with van der Waals surface area (Å²) in [4.78, 5) is 0. The molecule has 0 saturated heterocycles. The number of hydrogen-bond donors (Lipinski definition) is 2. The van der Waals surface area contributed by atoms with Gasteiger partial charge in [-0.15, -0.1) is 11.3 Å². The molecule has 1 heterocycles. The molecule has 1 aromatic heterocycles. The van der Waals surface area contributed by atoms with Gasteiger partial charge in [-0.2, -0.15) is 0 Å². The second kappa shape index (κ2) is 4.92. The van der Waals surface area contributed by atoms with Gasteiger partial charge < -0.3 is 0 Å². The first-order valence-electron chi connectivity index (χ1n) is 4.99. The first-order chi connectivity index (χ1) is 6.79. The third-order valence-corrected chi connectivity index (χ3v) is 4.79. The third-order valence-electron chi connectivity index (χ3n) is 2.99. The van der Waals surface area contributed by atoms with Crippen molar-refractivity contribution in [1.82, 2.24) is 5.43 Å². The number of hydrogen-bond acceptors (Lipinski definition) is 3. The quantitative estimate of drug-likeness (QED) is 0.508. The van der Waals surface area contributed by atoms with Crippen LogP contribution in [0.15, 0.2) is 11.4 Å². The Morgan fingerprint density at radius 3 is 2.86 bits per heavy atom. The highest BCUT2D eigenvalue weighted by atomic mass is 127. The van der Waals surface area contributed by atoms with Gasteiger partial charge in [0.2, 0.25) is 0 Å². The van der Waals surface area contributed by atoms with E-state index in [2.05, 4.69) is 39.5 Å². The second-order valence-corrected chi connectivity index (χ2v) is 6.74. The molecule has 0 spiro atoms. The predicted molar refractivity (Wildman–Crippen MR) is 69.1 cm³/mol. The van der Waals surface area contributed by atoms with Gasteiger partial charge in [0.15, 0.2) is 0 Å². The van der Waals surface area contributed by atoms with Crippen molar-refractivity contribution < 1.29 is 0 Å². The van der Waals surface area contributed by atoms with Gasteiger partial charge in [0.1, 0.15) is 0 Å². The fourth-order valence-corrected chi connectivity index (χ4v) is 3.29. The lowest BCUT2D eigenvalue weighted by atomic mass is 9.80. The molecule has 2 rings (SSSR count). The number of nitrogens with one attached hydrogen (secondary N) is 1. The van der Waals surface area contributed by atoms with Crippen LogP contribution < -0.4 is 11.3 Å². The molecule has 1 unspecified atom stereocenters. The molecule has 1 aliphatic rings. The van der Waals surface area contributed by atoms with E-state index in [1.165, 1.54) is 34.1 Å². The minimum absolute atomic E-state index is 0.361. The highest BCUT2D eigenvalue weighted by Gasteiger charge is 2.22. The molecule has 3 N–H and O–H groups in total. The number of thiophene rings is 1. The SMILES string of the molecule is NNC(CC1CCC1)c1csc(I)c1. The normalized spacial score (nSPS) is 19.3. The molecule has 0 amide bonds. The standard InChI is InChI=1S/C10H15IN2S/c11-10-5-8(6-14-10)9(13-12)4-7-2-1-3-7/h5-7,9,13H,1-4,12H2. The van der Waals surface area contributed by atoms with Gasteiger partial charge in [-0.3, -0.25) is 11.3 Å². The van der Waals surface area contributed by atoms with E-state index in [0.717, 1.165) is 5.92 Å². The summed E-state index contributed by atoms with van der Waals surface area (Å²) in [6.45, 7) is 0. The van der Waals surface area contributed by atoms with Crippen LogP contribution in [0.1, 0.15) is 37.3 Å². The lowest BCUT2D eigenvalue weighted by molar-refractivity contribution is 0.262. The fourth-order valence-electron chi connectivity index (χ4n) is 1.87. The molecule has 1 saturated carbocycles. The maximum absolute atomic E-state index is 5.59. The van der Waals surface area contributed by atoms with Crippen molar-refractivity contribution in [1.29, 1.82) is 0 Å². The maximum atomic E-state index is 5.59. The first-order valence-corrected chi connectivity index (χ1v) is 6.95. The molecule has 2 nitrogen and oxygen atoms in total. The van der Waals surface area contributed by atoms with Gasteiger partial charge in [-0.05, 0) is 51.9 Å². The monoisotopic (exact) mass is 322 g/mol. The van der Waals surface area contributed by atoms with Crippen molar-refractivity contribution in [2.45, 2.75) is 31.7 Å². The van der Waals surface area contributed by atoms with E-state index in [1.54, 1.807) is 11.3 Å². The van der Waals surface area contributed by atoms with Crippen LogP contribution in [0.2, 0.25) is 0 Å². The number of rotatable bonds is 4. The van der Waals surface area contributed by atoms with E-state index in [9.17, 15) is 0 Å². The summed E-state index contributed by atoms with van der Waals surface area (Å²) >= 11 is 4.15. The summed E-state index contributed by atoms with van der Waals surface area (Å²) < 4.78 is 1.34. The highest BCUT2D eigenvalue weighted by Crippen LogP contribution is 2.35. The van der Waals surface area contributed by atoms with Crippen LogP contribution in [0, 0.1) is 8.80 Å². The molecule has 14 heavy (non-hydrogen) atoms. The Kier molecular flexibility index (Phi) is 3.81. The van der Waals surface area contributed by atoms with Gasteiger partial charge in [-0.25, -0.2) is 0 Å². The summed E-state index contributed by atoms with van der Waals surface area (Å²) in [6.07, 6.45) is 5.38. The molecular weight excluding hydrogens is 307 g/mol. The Labute approximate surface area is 102 Å². The van der Waals surface area contributed by atoms with E-state index in [1.807, 2.05) is 0 Å². The minimum Gasteiger partial charge on any atom is -0.271 e. The Hall–Kier alpha value is 0.350. The lowest BCUT2D eigenvalue weighted by Gasteiger charge is -2.29. The molecule has 0 bridgehead atoms. The number of nitrogens with two attached hydrogens (primary N) is 1. The van der Waals surface area contributed by atoms with E-state index in [0.29, 0.717) is 6.04 Å². The summed E-state index contributed by atoms with van der Waals surface area (Å²) in [6, 6.07) is 2.59. The van der Waals surface area contributed by atoms with Crippen molar-refractivity contribution in [3.63, 3.8) is 0 Å². The smallest absolute Gasteiger partial charge is 0.0656 e. The van der Waals surface area contributed by atoms with Crippen LogP contribution in [0.3, 0.4) is 0 Å². The van der Waals surface area contributed by atoms with Crippen molar-refractivity contribution in [2.75, 3.05) is 0 Å². The van der Waals surface area contributed by atoms with Crippen LogP contribution in [-0.4, -0.2) is 0 Å². The van der Waals surface area contributed by atoms with Crippen LogP contribution in [0.25, 0.3) is 0 Å². The summed E-state index contributed by atoms with van der Waals surface area (Å²) in [5, 5.41) is 2.21. The van der Waals surface area contributed by atoms with E-state index >= 15 is 0 Å². The van der Waals surface area contributed by atoms with Crippen molar-refractivity contribution in [3.05, 3.63) is 19.9 Å². The summed E-state index contributed by atoms with van der Waals surface area (Å²) in [5.74, 6) is 6.49. The molecule has 4 heteroatoms. The highest BCUT2D eigenvalue weighted by molar-refractivity contribution is 14.1. The molecule has 1 aromatic rings. The molecule has 1 atom stereocenters. The molecule has 0 aromatic carbocycles. The molecule has 78 valence electrons. The topological polar surface area (TPSA) is 38.0 Å². The zero-order valence-corrected chi connectivity index (χ0v) is 11.0. The van der Waals surface area contributed by atoms with Gasteiger partial charge in [0, 0.05) is 6.04 Å². The Bertz CT molecular complexity index is 296. The molecule has 0 radical (unpaired) electrons. The molecule has 1 fully saturated rings. The number of halogens is 1. The number of hydrazine groups is 1. The van der Waals surface area contributed by atoms with Crippen molar-refractivity contribution in [3.8, 4) is 0 Å². The third kappa shape index (κ3) is 2.48. The Morgan fingerprint density at radius 1 is 1.64 bits per heavy atom. The average molecular weight is 322 g/mol. The zero-order valence-electron chi connectivity index (χ0n) is 8.00. The predicted octanol–water partition coefficient (Wildman–Crippen LogP) is 3.05. The van der Waals surface area contributed by atoms with Gasteiger partial charge in [0.05, 0.1) is 2.88 Å². The minimum atomic E-state index is 0.361. The lowest BCUT2D eigenvalue weighted by Crippen LogP contribution is -2.30. The molecule has 0 aliphatic heterocycles. The fraction of sp³-hybridized carbons (Fsp3) is 0.600.